The Labute approximate surface area is 152 Å². The maximum Gasteiger partial charge on any atom is 0.227 e. The number of nitrogens with zero attached hydrogens (tertiary/aromatic N) is 4. The molecule has 0 saturated carbocycles. The average molecular weight is 348 g/mol. The van der Waals surface area contributed by atoms with Crippen molar-refractivity contribution in [2.24, 2.45) is 0 Å². The van der Waals surface area contributed by atoms with Crippen molar-refractivity contribution < 1.29 is 4.74 Å². The lowest BCUT2D eigenvalue weighted by Gasteiger charge is -2.42. The fourth-order valence-corrected chi connectivity index (χ4v) is 3.14. The topological polar surface area (TPSA) is 53.5 Å². The van der Waals surface area contributed by atoms with Gasteiger partial charge >= 0.3 is 0 Å². The Morgan fingerprint density at radius 3 is 2.12 bits per heavy atom. The summed E-state index contributed by atoms with van der Waals surface area (Å²) in [6.45, 7) is 19.0. The SMILES string of the molecule is CC(C)(C)c1cc(NC2COC2)nc(N2CCN(C(C)(C)C)CC2)n1. The Balaban J connectivity index is 1.79. The quantitative estimate of drug-likeness (QED) is 0.907. The van der Waals surface area contributed by atoms with Crippen LogP contribution in [-0.2, 0) is 10.2 Å². The molecule has 140 valence electrons. The van der Waals surface area contributed by atoms with Crippen molar-refractivity contribution in [3.8, 4) is 0 Å². The van der Waals surface area contributed by atoms with Gasteiger partial charge in [0.1, 0.15) is 5.82 Å². The summed E-state index contributed by atoms with van der Waals surface area (Å²) in [5, 5.41) is 3.49. The maximum absolute atomic E-state index is 5.27. The predicted molar refractivity (Wildman–Crippen MR) is 103 cm³/mol. The summed E-state index contributed by atoms with van der Waals surface area (Å²) in [5.41, 5.74) is 1.30. The molecule has 0 atom stereocenters. The van der Waals surface area contributed by atoms with Crippen LogP contribution in [0.4, 0.5) is 11.8 Å². The Kier molecular flexibility index (Phi) is 4.95. The van der Waals surface area contributed by atoms with E-state index < -0.39 is 0 Å². The van der Waals surface area contributed by atoms with E-state index in [0.29, 0.717) is 6.04 Å². The van der Waals surface area contributed by atoms with Gasteiger partial charge in [0, 0.05) is 43.2 Å². The van der Waals surface area contributed by atoms with Crippen molar-refractivity contribution in [1.29, 1.82) is 0 Å². The molecule has 25 heavy (non-hydrogen) atoms. The normalized spacial score (nSPS) is 20.5. The third-order valence-electron chi connectivity index (χ3n) is 4.98. The lowest BCUT2D eigenvalue weighted by Crippen LogP contribution is -2.53. The molecule has 1 aromatic rings. The van der Waals surface area contributed by atoms with Gasteiger partial charge in [-0.3, -0.25) is 4.90 Å². The third-order valence-corrected chi connectivity index (χ3v) is 4.98. The van der Waals surface area contributed by atoms with E-state index in [-0.39, 0.29) is 11.0 Å². The highest BCUT2D eigenvalue weighted by Crippen LogP contribution is 2.26. The summed E-state index contributed by atoms with van der Waals surface area (Å²) in [6.07, 6.45) is 0. The number of hydrogen-bond donors (Lipinski definition) is 1. The zero-order valence-corrected chi connectivity index (χ0v) is 16.6. The highest BCUT2D eigenvalue weighted by Gasteiger charge is 2.28. The fourth-order valence-electron chi connectivity index (χ4n) is 3.14. The number of nitrogens with one attached hydrogen (secondary N) is 1. The molecule has 2 aliphatic rings. The molecule has 0 aliphatic carbocycles. The molecule has 6 nitrogen and oxygen atoms in total. The van der Waals surface area contributed by atoms with E-state index >= 15 is 0 Å². The van der Waals surface area contributed by atoms with Crippen molar-refractivity contribution in [3.05, 3.63) is 11.8 Å². The van der Waals surface area contributed by atoms with Gasteiger partial charge in [0.2, 0.25) is 5.95 Å². The summed E-state index contributed by atoms with van der Waals surface area (Å²) < 4.78 is 5.27. The fraction of sp³-hybridized carbons (Fsp3) is 0.789. The van der Waals surface area contributed by atoms with E-state index in [4.69, 9.17) is 14.7 Å². The van der Waals surface area contributed by atoms with Crippen LogP contribution in [0.5, 0.6) is 0 Å². The molecule has 3 rings (SSSR count). The lowest BCUT2D eigenvalue weighted by molar-refractivity contribution is 0.0209. The molecule has 2 saturated heterocycles. The number of aromatic nitrogens is 2. The predicted octanol–water partition coefficient (Wildman–Crippen LogP) is 2.51. The summed E-state index contributed by atoms with van der Waals surface area (Å²) in [5.74, 6) is 1.77. The van der Waals surface area contributed by atoms with Crippen molar-refractivity contribution in [2.75, 3.05) is 49.6 Å². The molecule has 2 fully saturated rings. The van der Waals surface area contributed by atoms with E-state index in [1.54, 1.807) is 0 Å². The minimum Gasteiger partial charge on any atom is -0.377 e. The van der Waals surface area contributed by atoms with Gasteiger partial charge in [-0.25, -0.2) is 4.98 Å². The van der Waals surface area contributed by atoms with Gasteiger partial charge in [-0.05, 0) is 20.8 Å². The molecule has 0 bridgehead atoms. The molecule has 3 heterocycles. The Morgan fingerprint density at radius 1 is 1.00 bits per heavy atom. The van der Waals surface area contributed by atoms with Crippen LogP contribution in [0.2, 0.25) is 0 Å². The molecule has 0 unspecified atom stereocenters. The highest BCUT2D eigenvalue weighted by molar-refractivity contribution is 5.46. The second-order valence-electron chi connectivity index (χ2n) is 9.21. The molecule has 1 aromatic heterocycles. The Morgan fingerprint density at radius 2 is 1.64 bits per heavy atom. The summed E-state index contributed by atoms with van der Waals surface area (Å²) in [4.78, 5) is 14.6. The van der Waals surface area contributed by atoms with Gasteiger partial charge in [-0.2, -0.15) is 4.98 Å². The molecule has 6 heteroatoms. The van der Waals surface area contributed by atoms with Crippen molar-refractivity contribution in [1.82, 2.24) is 14.9 Å². The Hall–Kier alpha value is -1.40. The molecular weight excluding hydrogens is 314 g/mol. The monoisotopic (exact) mass is 347 g/mol. The van der Waals surface area contributed by atoms with Gasteiger partial charge in [0.25, 0.3) is 0 Å². The number of hydrogen-bond acceptors (Lipinski definition) is 6. The number of ether oxygens (including phenoxy) is 1. The first kappa shape index (κ1) is 18.4. The van der Waals surface area contributed by atoms with Crippen LogP contribution in [0.25, 0.3) is 0 Å². The zero-order chi connectivity index (χ0) is 18.2. The van der Waals surface area contributed by atoms with Crippen LogP contribution in [0.3, 0.4) is 0 Å². The van der Waals surface area contributed by atoms with E-state index in [1.165, 1.54) is 0 Å². The summed E-state index contributed by atoms with van der Waals surface area (Å²) in [6, 6.07) is 2.46. The summed E-state index contributed by atoms with van der Waals surface area (Å²) >= 11 is 0. The maximum atomic E-state index is 5.27. The Bertz CT molecular complexity index is 593. The number of anilines is 2. The molecule has 0 radical (unpaired) electrons. The van der Waals surface area contributed by atoms with E-state index in [9.17, 15) is 0 Å². The van der Waals surface area contributed by atoms with Gasteiger partial charge in [-0.15, -0.1) is 0 Å². The second kappa shape index (κ2) is 6.72. The van der Waals surface area contributed by atoms with Gasteiger partial charge in [0.15, 0.2) is 0 Å². The minimum atomic E-state index is -0.00251. The smallest absolute Gasteiger partial charge is 0.227 e. The van der Waals surface area contributed by atoms with Crippen LogP contribution in [0.1, 0.15) is 47.2 Å². The average Bonchev–Trinajstić information content (AvgIpc) is 2.49. The lowest BCUT2D eigenvalue weighted by atomic mass is 9.92. The van der Waals surface area contributed by atoms with Crippen LogP contribution in [-0.4, -0.2) is 65.8 Å². The van der Waals surface area contributed by atoms with Gasteiger partial charge in [0.05, 0.1) is 24.9 Å². The number of rotatable bonds is 3. The molecule has 1 N–H and O–H groups in total. The molecule has 0 amide bonds. The third kappa shape index (κ3) is 4.42. The summed E-state index contributed by atoms with van der Waals surface area (Å²) in [7, 11) is 0. The van der Waals surface area contributed by atoms with Gasteiger partial charge in [-0.1, -0.05) is 20.8 Å². The first-order valence-corrected chi connectivity index (χ1v) is 9.37. The molecule has 2 aliphatic heterocycles. The van der Waals surface area contributed by atoms with E-state index in [1.807, 2.05) is 0 Å². The largest absolute Gasteiger partial charge is 0.377 e. The standard InChI is InChI=1S/C19H33N5O/c1-18(2,3)15-11-16(20-14-12-25-13-14)22-17(21-15)23-7-9-24(10-8-23)19(4,5)6/h11,14H,7-10,12-13H2,1-6H3,(H,20,21,22). The first-order valence-electron chi connectivity index (χ1n) is 9.37. The molecule has 0 aromatic carbocycles. The second-order valence-corrected chi connectivity index (χ2v) is 9.21. The van der Waals surface area contributed by atoms with E-state index in [0.717, 1.165) is 56.9 Å². The van der Waals surface area contributed by atoms with Crippen LogP contribution in [0.15, 0.2) is 6.07 Å². The number of piperazine rings is 1. The molecular formula is C19H33N5O. The van der Waals surface area contributed by atoms with Crippen molar-refractivity contribution in [2.45, 2.75) is 58.5 Å². The van der Waals surface area contributed by atoms with Crippen molar-refractivity contribution in [3.63, 3.8) is 0 Å². The van der Waals surface area contributed by atoms with Crippen LogP contribution >= 0.6 is 0 Å². The van der Waals surface area contributed by atoms with E-state index in [2.05, 4.69) is 62.7 Å². The van der Waals surface area contributed by atoms with Crippen molar-refractivity contribution >= 4 is 11.8 Å². The first-order chi connectivity index (χ1) is 11.6. The zero-order valence-electron chi connectivity index (χ0n) is 16.6. The van der Waals surface area contributed by atoms with Crippen LogP contribution < -0.4 is 10.2 Å². The molecule has 0 spiro atoms. The van der Waals surface area contributed by atoms with Crippen LogP contribution in [0, 0.1) is 0 Å². The highest BCUT2D eigenvalue weighted by atomic mass is 16.5. The van der Waals surface area contributed by atoms with Gasteiger partial charge < -0.3 is 15.0 Å². The minimum absolute atomic E-state index is 0.00251.